The maximum Gasteiger partial charge on any atom is 0.147 e. The summed E-state index contributed by atoms with van der Waals surface area (Å²) in [7, 11) is 0. The van der Waals surface area contributed by atoms with Crippen molar-refractivity contribution in [2.75, 3.05) is 24.6 Å². The molecule has 0 bridgehead atoms. The molecule has 0 aliphatic carbocycles. The molecule has 19 heavy (non-hydrogen) atoms. The fourth-order valence-corrected chi connectivity index (χ4v) is 2.20. The molecule has 0 saturated carbocycles. The van der Waals surface area contributed by atoms with Crippen LogP contribution in [0.2, 0.25) is 0 Å². The molecule has 1 N–H and O–H groups in total. The molecule has 2 atom stereocenters. The van der Waals surface area contributed by atoms with E-state index in [-0.39, 0.29) is 6.10 Å². The number of rotatable bonds is 5. The molecule has 0 spiro atoms. The summed E-state index contributed by atoms with van der Waals surface area (Å²) in [5.74, 6) is 0.946. The molecule has 1 saturated heterocycles. The third kappa shape index (κ3) is 3.88. The van der Waals surface area contributed by atoms with Crippen molar-refractivity contribution in [1.29, 1.82) is 0 Å². The fourth-order valence-electron chi connectivity index (χ4n) is 2.20. The van der Waals surface area contributed by atoms with Crippen LogP contribution >= 0.6 is 0 Å². The Morgan fingerprint density at radius 2 is 2.21 bits per heavy atom. The van der Waals surface area contributed by atoms with Crippen molar-refractivity contribution < 1.29 is 4.74 Å². The molecule has 5 nitrogen and oxygen atoms in total. The maximum absolute atomic E-state index is 5.63. The summed E-state index contributed by atoms with van der Waals surface area (Å²) in [6, 6.07) is 0.356. The Balaban J connectivity index is 1.97. The van der Waals surface area contributed by atoms with Gasteiger partial charge in [0, 0.05) is 13.1 Å². The Kier molecular flexibility index (Phi) is 5.10. The Morgan fingerprint density at radius 1 is 1.37 bits per heavy atom. The van der Waals surface area contributed by atoms with E-state index in [1.807, 2.05) is 12.4 Å². The third-order valence-electron chi connectivity index (χ3n) is 3.33. The van der Waals surface area contributed by atoms with E-state index in [0.717, 1.165) is 44.2 Å². The van der Waals surface area contributed by atoms with Crippen LogP contribution in [0.15, 0.2) is 12.4 Å². The quantitative estimate of drug-likeness (QED) is 0.819. The predicted molar refractivity (Wildman–Crippen MR) is 76.3 cm³/mol. The fraction of sp³-hybridized carbons (Fsp3) is 0.714. The number of hydrogen-bond acceptors (Lipinski definition) is 5. The van der Waals surface area contributed by atoms with Crippen LogP contribution in [0.4, 0.5) is 5.82 Å². The van der Waals surface area contributed by atoms with E-state index in [4.69, 9.17) is 4.74 Å². The van der Waals surface area contributed by atoms with E-state index in [1.165, 1.54) is 0 Å². The van der Waals surface area contributed by atoms with Crippen LogP contribution in [0.5, 0.6) is 0 Å². The van der Waals surface area contributed by atoms with Crippen molar-refractivity contribution in [3.8, 4) is 0 Å². The first-order chi connectivity index (χ1) is 9.20. The predicted octanol–water partition coefficient (Wildman–Crippen LogP) is 1.59. The summed E-state index contributed by atoms with van der Waals surface area (Å²) in [6.45, 7) is 9.84. The number of anilines is 1. The third-order valence-corrected chi connectivity index (χ3v) is 3.33. The summed E-state index contributed by atoms with van der Waals surface area (Å²) in [5, 5.41) is 3.33. The van der Waals surface area contributed by atoms with E-state index < -0.39 is 0 Å². The molecule has 2 unspecified atom stereocenters. The van der Waals surface area contributed by atoms with Crippen molar-refractivity contribution in [3.05, 3.63) is 18.1 Å². The first-order valence-corrected chi connectivity index (χ1v) is 7.10. The van der Waals surface area contributed by atoms with Gasteiger partial charge < -0.3 is 15.0 Å². The lowest BCUT2D eigenvalue weighted by Gasteiger charge is -2.37. The monoisotopic (exact) mass is 264 g/mol. The Hall–Kier alpha value is -1.20. The zero-order chi connectivity index (χ0) is 13.7. The number of aromatic nitrogens is 2. The van der Waals surface area contributed by atoms with Crippen molar-refractivity contribution in [3.63, 3.8) is 0 Å². The van der Waals surface area contributed by atoms with Gasteiger partial charge in [-0.05, 0) is 26.8 Å². The van der Waals surface area contributed by atoms with Gasteiger partial charge in [-0.15, -0.1) is 0 Å². The van der Waals surface area contributed by atoms with E-state index >= 15 is 0 Å². The topological polar surface area (TPSA) is 50.3 Å². The smallest absolute Gasteiger partial charge is 0.147 e. The second-order valence-corrected chi connectivity index (χ2v) is 5.19. The normalized spacial score (nSPS) is 23.6. The van der Waals surface area contributed by atoms with Gasteiger partial charge in [-0.3, -0.25) is 4.98 Å². The molecule has 1 aliphatic rings. The minimum atomic E-state index is 0.254. The SMILES string of the molecule is CCCNCc1cnc(N2CC(C)OCC2C)cn1. The molecule has 2 rings (SSSR count). The minimum absolute atomic E-state index is 0.254. The minimum Gasteiger partial charge on any atom is -0.375 e. The number of hydrogen-bond donors (Lipinski definition) is 1. The highest BCUT2D eigenvalue weighted by atomic mass is 16.5. The van der Waals surface area contributed by atoms with E-state index in [2.05, 4.69) is 41.0 Å². The van der Waals surface area contributed by atoms with Crippen LogP contribution in [-0.4, -0.2) is 41.8 Å². The lowest BCUT2D eigenvalue weighted by Crippen LogP contribution is -2.47. The molecule has 1 aromatic rings. The molecule has 0 radical (unpaired) electrons. The molecule has 1 aliphatic heterocycles. The highest BCUT2D eigenvalue weighted by molar-refractivity contribution is 5.38. The lowest BCUT2D eigenvalue weighted by atomic mass is 10.2. The highest BCUT2D eigenvalue weighted by Crippen LogP contribution is 2.18. The van der Waals surface area contributed by atoms with Gasteiger partial charge in [-0.2, -0.15) is 0 Å². The summed E-state index contributed by atoms with van der Waals surface area (Å²) in [5.41, 5.74) is 0.992. The average molecular weight is 264 g/mol. The van der Waals surface area contributed by atoms with Crippen LogP contribution in [0.1, 0.15) is 32.9 Å². The summed E-state index contributed by atoms with van der Waals surface area (Å²) in [4.78, 5) is 11.3. The van der Waals surface area contributed by atoms with Crippen LogP contribution in [0, 0.1) is 0 Å². The van der Waals surface area contributed by atoms with Crippen LogP contribution in [0.3, 0.4) is 0 Å². The van der Waals surface area contributed by atoms with Crippen LogP contribution < -0.4 is 10.2 Å². The van der Waals surface area contributed by atoms with E-state index in [1.54, 1.807) is 0 Å². The molecule has 1 fully saturated rings. The molecule has 5 heteroatoms. The van der Waals surface area contributed by atoms with Crippen LogP contribution in [0.25, 0.3) is 0 Å². The van der Waals surface area contributed by atoms with Crippen molar-refractivity contribution in [2.24, 2.45) is 0 Å². The molecule has 0 aromatic carbocycles. The summed E-state index contributed by atoms with van der Waals surface area (Å²) >= 11 is 0. The lowest BCUT2D eigenvalue weighted by molar-refractivity contribution is 0.0340. The number of nitrogens with zero attached hydrogens (tertiary/aromatic N) is 3. The Labute approximate surface area is 115 Å². The Bertz CT molecular complexity index is 382. The summed E-state index contributed by atoms with van der Waals surface area (Å²) in [6.07, 6.45) is 5.13. The second-order valence-electron chi connectivity index (χ2n) is 5.19. The second kappa shape index (κ2) is 6.82. The molecular formula is C14H24N4O. The van der Waals surface area contributed by atoms with Crippen molar-refractivity contribution in [1.82, 2.24) is 15.3 Å². The van der Waals surface area contributed by atoms with Crippen molar-refractivity contribution >= 4 is 5.82 Å². The number of ether oxygens (including phenoxy) is 1. The standard InChI is InChI=1S/C14H24N4O/c1-4-5-15-6-13-7-17-14(8-16-13)18-9-12(3)19-10-11(18)2/h7-8,11-12,15H,4-6,9-10H2,1-3H3. The largest absolute Gasteiger partial charge is 0.375 e. The van der Waals surface area contributed by atoms with Gasteiger partial charge in [0.2, 0.25) is 0 Å². The van der Waals surface area contributed by atoms with E-state index in [9.17, 15) is 0 Å². The van der Waals surface area contributed by atoms with Gasteiger partial charge in [-0.1, -0.05) is 6.92 Å². The Morgan fingerprint density at radius 3 is 2.89 bits per heavy atom. The molecule has 106 valence electrons. The van der Waals surface area contributed by atoms with Gasteiger partial charge in [0.05, 0.1) is 36.8 Å². The molecular weight excluding hydrogens is 240 g/mol. The van der Waals surface area contributed by atoms with Gasteiger partial charge in [0.25, 0.3) is 0 Å². The average Bonchev–Trinajstić information content (AvgIpc) is 2.43. The van der Waals surface area contributed by atoms with Crippen molar-refractivity contribution in [2.45, 2.75) is 45.9 Å². The van der Waals surface area contributed by atoms with E-state index in [0.29, 0.717) is 6.04 Å². The zero-order valence-electron chi connectivity index (χ0n) is 12.1. The maximum atomic E-state index is 5.63. The first kappa shape index (κ1) is 14.2. The number of morpholine rings is 1. The van der Waals surface area contributed by atoms with Gasteiger partial charge in [-0.25, -0.2) is 4.98 Å². The molecule has 0 amide bonds. The highest BCUT2D eigenvalue weighted by Gasteiger charge is 2.24. The van der Waals surface area contributed by atoms with Gasteiger partial charge in [0.15, 0.2) is 0 Å². The summed E-state index contributed by atoms with van der Waals surface area (Å²) < 4.78 is 5.63. The molecule has 2 heterocycles. The van der Waals surface area contributed by atoms with Gasteiger partial charge in [0.1, 0.15) is 5.82 Å². The number of nitrogens with one attached hydrogen (secondary N) is 1. The van der Waals surface area contributed by atoms with Crippen LogP contribution in [-0.2, 0) is 11.3 Å². The molecule has 1 aromatic heterocycles. The van der Waals surface area contributed by atoms with Gasteiger partial charge >= 0.3 is 0 Å². The zero-order valence-corrected chi connectivity index (χ0v) is 12.1. The first-order valence-electron chi connectivity index (χ1n) is 7.10.